The second kappa shape index (κ2) is 25.2. The molecule has 4 amide bonds. The molecule has 0 aliphatic heterocycles. The summed E-state index contributed by atoms with van der Waals surface area (Å²) in [5, 5.41) is 23.2. The van der Waals surface area contributed by atoms with E-state index in [1.807, 2.05) is 87.5 Å². The van der Waals surface area contributed by atoms with Crippen LogP contribution in [0.25, 0.3) is 22.3 Å². The van der Waals surface area contributed by atoms with Gasteiger partial charge in [0.15, 0.2) is 5.82 Å². The van der Waals surface area contributed by atoms with Crippen LogP contribution in [0.5, 0.6) is 0 Å². The van der Waals surface area contributed by atoms with Gasteiger partial charge in [-0.1, -0.05) is 127 Å². The third-order valence-electron chi connectivity index (χ3n) is 12.2. The number of benzene rings is 5. The molecule has 70 heavy (non-hydrogen) atoms. The SMILES string of the molecule is CC(C)(C)OC(=O)NCCCC[C@@H](c1nnn[nH]1)N(CCNC(=O)OCC1c2ccccc2-c2ccccc21)C(=O)CCc1ccc(-c2ccc(CCCCNC(=O)OCc3ccccc3)cc2)cc1. The van der Waals surface area contributed by atoms with Crippen LogP contribution in [-0.4, -0.2) is 88.1 Å². The molecule has 0 unspecified atom stereocenters. The zero-order valence-corrected chi connectivity index (χ0v) is 40.3. The number of unbranched alkanes of at least 4 members (excludes halogenated alkanes) is 2. The lowest BCUT2D eigenvalue weighted by atomic mass is 9.98. The van der Waals surface area contributed by atoms with E-state index in [-0.39, 0.29) is 44.5 Å². The van der Waals surface area contributed by atoms with Gasteiger partial charge in [0, 0.05) is 38.5 Å². The van der Waals surface area contributed by atoms with E-state index in [9.17, 15) is 19.2 Å². The lowest BCUT2D eigenvalue weighted by Gasteiger charge is -2.30. The zero-order chi connectivity index (χ0) is 49.1. The highest BCUT2D eigenvalue weighted by Gasteiger charge is 2.30. The average Bonchev–Trinajstić information content (AvgIpc) is 4.02. The van der Waals surface area contributed by atoms with E-state index in [2.05, 4.69) is 97.2 Å². The highest BCUT2D eigenvalue weighted by Crippen LogP contribution is 2.44. The van der Waals surface area contributed by atoms with Crippen LogP contribution in [0, 0.1) is 0 Å². The van der Waals surface area contributed by atoms with E-state index in [0.717, 1.165) is 63.8 Å². The molecule has 1 aliphatic carbocycles. The summed E-state index contributed by atoms with van der Waals surface area (Å²) < 4.78 is 16.5. The van der Waals surface area contributed by atoms with Crippen molar-refractivity contribution in [1.82, 2.24) is 41.5 Å². The first-order valence-corrected chi connectivity index (χ1v) is 24.2. The number of H-pyrrole nitrogens is 1. The summed E-state index contributed by atoms with van der Waals surface area (Å²) in [5.41, 5.74) is 9.27. The van der Waals surface area contributed by atoms with Gasteiger partial charge in [0.05, 0.1) is 6.04 Å². The van der Waals surface area contributed by atoms with Crippen molar-refractivity contribution >= 4 is 24.2 Å². The van der Waals surface area contributed by atoms with Crippen molar-refractivity contribution in [2.24, 2.45) is 0 Å². The molecule has 15 nitrogen and oxygen atoms in total. The van der Waals surface area contributed by atoms with Gasteiger partial charge < -0.3 is 35.1 Å². The number of aromatic nitrogens is 4. The Balaban J connectivity index is 0.914. The monoisotopic (exact) mass is 948 g/mol. The molecule has 0 saturated heterocycles. The largest absolute Gasteiger partial charge is 0.449 e. The van der Waals surface area contributed by atoms with Crippen LogP contribution in [0.3, 0.4) is 0 Å². The summed E-state index contributed by atoms with van der Waals surface area (Å²) in [6, 6.07) is 42.2. The number of aromatic amines is 1. The number of fused-ring (bicyclic) bond motifs is 3. The van der Waals surface area contributed by atoms with Crippen molar-refractivity contribution in [3.63, 3.8) is 0 Å². The molecule has 5 aromatic carbocycles. The lowest BCUT2D eigenvalue weighted by Crippen LogP contribution is -2.41. The Morgan fingerprint density at radius 1 is 0.629 bits per heavy atom. The molecule has 1 atom stereocenters. The van der Waals surface area contributed by atoms with Crippen LogP contribution in [0.4, 0.5) is 14.4 Å². The van der Waals surface area contributed by atoms with Gasteiger partial charge in [-0.05, 0) is 126 Å². The van der Waals surface area contributed by atoms with Gasteiger partial charge in [-0.15, -0.1) is 5.10 Å². The number of hydrogen-bond acceptors (Lipinski definition) is 10. The zero-order valence-electron chi connectivity index (χ0n) is 40.3. The number of hydrogen-bond donors (Lipinski definition) is 4. The Bertz CT molecular complexity index is 2560. The van der Waals surface area contributed by atoms with Crippen LogP contribution < -0.4 is 16.0 Å². The van der Waals surface area contributed by atoms with Crippen molar-refractivity contribution in [3.8, 4) is 22.3 Å². The quantitative estimate of drug-likeness (QED) is 0.0355. The molecule has 0 spiro atoms. The molecule has 0 radical (unpaired) electrons. The number of carbonyl (C=O) groups is 4. The number of aryl methyl sites for hydroxylation is 2. The fourth-order valence-corrected chi connectivity index (χ4v) is 8.64. The van der Waals surface area contributed by atoms with Crippen LogP contribution in [-0.2, 0) is 38.5 Å². The Morgan fingerprint density at radius 2 is 1.20 bits per heavy atom. The first kappa shape index (κ1) is 50.3. The van der Waals surface area contributed by atoms with Gasteiger partial charge in [-0.25, -0.2) is 19.5 Å². The van der Waals surface area contributed by atoms with Crippen molar-refractivity contribution in [3.05, 3.63) is 161 Å². The van der Waals surface area contributed by atoms with E-state index in [1.54, 1.807) is 4.90 Å². The molecule has 1 aromatic heterocycles. The minimum Gasteiger partial charge on any atom is -0.449 e. The van der Waals surface area contributed by atoms with E-state index in [1.165, 1.54) is 5.56 Å². The van der Waals surface area contributed by atoms with Crippen molar-refractivity contribution in [1.29, 1.82) is 0 Å². The maximum absolute atomic E-state index is 14.3. The molecule has 6 aromatic rings. The minimum atomic E-state index is -0.608. The molecule has 4 N–H and O–H groups in total. The van der Waals surface area contributed by atoms with Gasteiger partial charge in [0.2, 0.25) is 5.91 Å². The fraction of sp³-hybridized carbons (Fsp3) is 0.364. The maximum atomic E-state index is 14.3. The predicted molar refractivity (Wildman–Crippen MR) is 268 cm³/mol. The summed E-state index contributed by atoms with van der Waals surface area (Å²) in [4.78, 5) is 53.6. The molecule has 0 bridgehead atoms. The minimum absolute atomic E-state index is 0.0829. The molecule has 7 rings (SSSR count). The third kappa shape index (κ3) is 15.0. The normalized spacial score (nSPS) is 12.3. The highest BCUT2D eigenvalue weighted by molar-refractivity contribution is 5.79. The first-order valence-electron chi connectivity index (χ1n) is 24.2. The standard InChI is InChI=1S/C55H64N8O7/c1-55(2,3)70-54(67)57-34-14-12-22-49(51-59-61-62-60-51)63(36-35-58-53(66)69-38-48-46-20-9-7-18-44(46)45-19-8-10-21-47(45)48)50(64)32-27-40-25-30-43(31-26-40)42-28-23-39(24-29-42)15-11-13-33-56-52(65)68-37-41-16-5-4-6-17-41/h4-10,16-21,23-26,28-31,48-49H,11-15,22,27,32-38H2,1-3H3,(H,56,65)(H,57,67)(H,58,66)(H,59,60,61,62)/t49-/m0/s1. The van der Waals surface area contributed by atoms with Crippen LogP contribution in [0.1, 0.15) is 105 Å². The summed E-state index contributed by atoms with van der Waals surface area (Å²) in [6.07, 6.45) is 3.68. The molecule has 1 aliphatic rings. The average molecular weight is 949 g/mol. The highest BCUT2D eigenvalue weighted by atomic mass is 16.6. The molecular weight excluding hydrogens is 885 g/mol. The number of alkyl carbamates (subject to hydrolysis) is 3. The Hall–Kier alpha value is -7.55. The maximum Gasteiger partial charge on any atom is 0.407 e. The number of tetrazole rings is 1. The van der Waals surface area contributed by atoms with Crippen LogP contribution in [0.15, 0.2) is 127 Å². The first-order chi connectivity index (χ1) is 34.0. The second-order valence-electron chi connectivity index (χ2n) is 18.4. The Morgan fingerprint density at radius 3 is 1.83 bits per heavy atom. The molecular formula is C55H64N8O7. The predicted octanol–water partition coefficient (Wildman–Crippen LogP) is 9.85. The van der Waals surface area contributed by atoms with Crippen LogP contribution >= 0.6 is 0 Å². The van der Waals surface area contributed by atoms with E-state index in [4.69, 9.17) is 14.2 Å². The summed E-state index contributed by atoms with van der Waals surface area (Å²) >= 11 is 0. The number of ether oxygens (including phenoxy) is 3. The molecule has 1 heterocycles. The summed E-state index contributed by atoms with van der Waals surface area (Å²) in [7, 11) is 0. The molecule has 0 saturated carbocycles. The molecule has 366 valence electrons. The van der Waals surface area contributed by atoms with Gasteiger partial charge in [-0.2, -0.15) is 0 Å². The molecule has 15 heteroatoms. The lowest BCUT2D eigenvalue weighted by molar-refractivity contribution is -0.134. The van der Waals surface area contributed by atoms with E-state index in [0.29, 0.717) is 44.6 Å². The summed E-state index contributed by atoms with van der Waals surface area (Å²) in [5.74, 6) is 0.222. The van der Waals surface area contributed by atoms with Crippen molar-refractivity contribution < 1.29 is 33.4 Å². The summed E-state index contributed by atoms with van der Waals surface area (Å²) in [6.45, 7) is 7.12. The van der Waals surface area contributed by atoms with Crippen molar-refractivity contribution in [2.45, 2.75) is 96.3 Å². The van der Waals surface area contributed by atoms with Gasteiger partial charge in [0.25, 0.3) is 0 Å². The van der Waals surface area contributed by atoms with E-state index >= 15 is 0 Å². The number of amides is 4. The van der Waals surface area contributed by atoms with E-state index < -0.39 is 29.9 Å². The Labute approximate surface area is 410 Å². The molecule has 0 fully saturated rings. The van der Waals surface area contributed by atoms with Gasteiger partial charge in [-0.3, -0.25) is 4.79 Å². The van der Waals surface area contributed by atoms with Gasteiger partial charge >= 0.3 is 18.3 Å². The second-order valence-corrected chi connectivity index (χ2v) is 18.4. The number of rotatable bonds is 23. The number of carbonyl (C=O) groups excluding carboxylic acids is 4. The fourth-order valence-electron chi connectivity index (χ4n) is 8.64. The topological polar surface area (TPSA) is 190 Å². The van der Waals surface area contributed by atoms with Gasteiger partial charge in [0.1, 0.15) is 18.8 Å². The van der Waals surface area contributed by atoms with Crippen molar-refractivity contribution in [2.75, 3.05) is 32.8 Å². The third-order valence-corrected chi connectivity index (χ3v) is 12.2. The smallest absolute Gasteiger partial charge is 0.407 e. The van der Waals surface area contributed by atoms with Crippen LogP contribution in [0.2, 0.25) is 0 Å². The Kier molecular flexibility index (Phi) is 18.1. The number of nitrogens with zero attached hydrogens (tertiary/aromatic N) is 4. The number of nitrogens with one attached hydrogen (secondary N) is 4.